The normalized spacial score (nSPS) is 22.7. The standard InChI is InChI=1S/C18H37N3O.HI/c1-7-19-17(20-11-10-14(2)3)21-13-15-9-8-12-22-16(15)18(4,5)6;/h14-16H,7-13H2,1-6H3,(H2,19,20,21);1H. The zero-order chi connectivity index (χ0) is 16.6. The molecule has 2 N–H and O–H groups in total. The molecule has 0 saturated carbocycles. The van der Waals surface area contributed by atoms with Gasteiger partial charge in [-0.3, -0.25) is 4.99 Å². The Bertz CT molecular complexity index is 340. The maximum atomic E-state index is 6.05. The minimum absolute atomic E-state index is 0. The molecule has 23 heavy (non-hydrogen) atoms. The number of hydrogen-bond donors (Lipinski definition) is 2. The molecule has 1 aliphatic rings. The quantitative estimate of drug-likeness (QED) is 0.373. The van der Waals surface area contributed by atoms with E-state index in [9.17, 15) is 0 Å². The van der Waals surface area contributed by atoms with Crippen LogP contribution in [0.3, 0.4) is 0 Å². The van der Waals surface area contributed by atoms with E-state index in [1.54, 1.807) is 0 Å². The van der Waals surface area contributed by atoms with E-state index in [0.717, 1.165) is 38.6 Å². The summed E-state index contributed by atoms with van der Waals surface area (Å²) in [6.45, 7) is 17.0. The molecule has 0 bridgehead atoms. The summed E-state index contributed by atoms with van der Waals surface area (Å²) in [5, 5.41) is 6.79. The van der Waals surface area contributed by atoms with Gasteiger partial charge in [0.2, 0.25) is 0 Å². The third kappa shape index (κ3) is 9.13. The van der Waals surface area contributed by atoms with Crippen molar-refractivity contribution in [2.45, 2.75) is 66.9 Å². The van der Waals surface area contributed by atoms with Crippen LogP contribution in [0.25, 0.3) is 0 Å². The second-order valence-corrected chi connectivity index (χ2v) is 7.89. The van der Waals surface area contributed by atoms with Crippen molar-refractivity contribution in [2.24, 2.45) is 22.2 Å². The Kier molecular flexibility index (Phi) is 11.5. The number of ether oxygens (including phenoxy) is 1. The van der Waals surface area contributed by atoms with Crippen molar-refractivity contribution in [2.75, 3.05) is 26.2 Å². The predicted octanol–water partition coefficient (Wildman–Crippen LogP) is 4.05. The molecular formula is C18H38IN3O. The lowest BCUT2D eigenvalue weighted by Crippen LogP contribution is -2.43. The van der Waals surface area contributed by atoms with Crippen LogP contribution in [0.1, 0.15) is 60.8 Å². The Hall–Kier alpha value is -0.0400. The molecule has 2 unspecified atom stereocenters. The number of halogens is 1. The third-order valence-corrected chi connectivity index (χ3v) is 4.14. The largest absolute Gasteiger partial charge is 0.377 e. The van der Waals surface area contributed by atoms with E-state index in [1.807, 2.05) is 0 Å². The van der Waals surface area contributed by atoms with E-state index >= 15 is 0 Å². The van der Waals surface area contributed by atoms with Gasteiger partial charge < -0.3 is 15.4 Å². The van der Waals surface area contributed by atoms with Crippen molar-refractivity contribution < 1.29 is 4.74 Å². The summed E-state index contributed by atoms with van der Waals surface area (Å²) in [4.78, 5) is 4.81. The second-order valence-electron chi connectivity index (χ2n) is 7.89. The Morgan fingerprint density at radius 1 is 1.26 bits per heavy atom. The number of rotatable bonds is 6. The molecule has 0 aromatic rings. The zero-order valence-corrected chi connectivity index (χ0v) is 18.3. The maximum Gasteiger partial charge on any atom is 0.191 e. The molecule has 0 radical (unpaired) electrons. The Morgan fingerprint density at radius 2 is 1.96 bits per heavy atom. The molecule has 0 amide bonds. The van der Waals surface area contributed by atoms with Crippen molar-refractivity contribution in [1.29, 1.82) is 0 Å². The zero-order valence-electron chi connectivity index (χ0n) is 15.9. The van der Waals surface area contributed by atoms with Crippen LogP contribution in [-0.4, -0.2) is 38.3 Å². The lowest BCUT2D eigenvalue weighted by Gasteiger charge is -2.39. The summed E-state index contributed by atoms with van der Waals surface area (Å²) in [6, 6.07) is 0. The molecular weight excluding hydrogens is 401 g/mol. The van der Waals surface area contributed by atoms with Gasteiger partial charge in [0.1, 0.15) is 0 Å². The smallest absolute Gasteiger partial charge is 0.191 e. The van der Waals surface area contributed by atoms with Crippen LogP contribution in [0.5, 0.6) is 0 Å². The first-order valence-electron chi connectivity index (χ1n) is 8.98. The summed E-state index contributed by atoms with van der Waals surface area (Å²) < 4.78 is 6.05. The van der Waals surface area contributed by atoms with E-state index in [0.29, 0.717) is 17.9 Å². The van der Waals surface area contributed by atoms with Gasteiger partial charge in [-0.1, -0.05) is 34.6 Å². The molecule has 0 aromatic carbocycles. The van der Waals surface area contributed by atoms with E-state index < -0.39 is 0 Å². The van der Waals surface area contributed by atoms with Crippen molar-refractivity contribution in [1.82, 2.24) is 10.6 Å². The fourth-order valence-corrected chi connectivity index (χ4v) is 3.02. The average molecular weight is 439 g/mol. The van der Waals surface area contributed by atoms with E-state index in [2.05, 4.69) is 52.2 Å². The van der Waals surface area contributed by atoms with Gasteiger partial charge in [0.05, 0.1) is 6.10 Å². The molecule has 1 aliphatic heterocycles. The highest BCUT2D eigenvalue weighted by molar-refractivity contribution is 14.0. The van der Waals surface area contributed by atoms with E-state index in [4.69, 9.17) is 9.73 Å². The summed E-state index contributed by atoms with van der Waals surface area (Å²) in [6.07, 6.45) is 3.85. The highest BCUT2D eigenvalue weighted by atomic mass is 127. The number of aliphatic imine (C=N–C) groups is 1. The molecule has 1 heterocycles. The highest BCUT2D eigenvalue weighted by Gasteiger charge is 2.35. The molecule has 2 atom stereocenters. The monoisotopic (exact) mass is 439 g/mol. The molecule has 0 spiro atoms. The number of hydrogen-bond acceptors (Lipinski definition) is 2. The van der Waals surface area contributed by atoms with Gasteiger partial charge in [0, 0.05) is 32.2 Å². The number of nitrogens with one attached hydrogen (secondary N) is 2. The molecule has 0 aromatic heterocycles. The predicted molar refractivity (Wildman–Crippen MR) is 111 cm³/mol. The minimum Gasteiger partial charge on any atom is -0.377 e. The molecule has 138 valence electrons. The molecule has 4 nitrogen and oxygen atoms in total. The summed E-state index contributed by atoms with van der Waals surface area (Å²) >= 11 is 0. The van der Waals surface area contributed by atoms with Crippen LogP contribution in [0.15, 0.2) is 4.99 Å². The van der Waals surface area contributed by atoms with Crippen LogP contribution in [0.4, 0.5) is 0 Å². The number of nitrogens with zero attached hydrogens (tertiary/aromatic N) is 1. The fourth-order valence-electron chi connectivity index (χ4n) is 3.02. The molecule has 0 aliphatic carbocycles. The SMILES string of the molecule is CCNC(=NCC1CCCOC1C(C)(C)C)NCCC(C)C.I. The van der Waals surface area contributed by atoms with Crippen LogP contribution in [0, 0.1) is 17.3 Å². The van der Waals surface area contributed by atoms with Crippen LogP contribution in [0.2, 0.25) is 0 Å². The Balaban J connectivity index is 0.00000484. The molecule has 1 fully saturated rings. The summed E-state index contributed by atoms with van der Waals surface area (Å²) in [5.74, 6) is 2.18. The van der Waals surface area contributed by atoms with Crippen molar-refractivity contribution in [3.8, 4) is 0 Å². The van der Waals surface area contributed by atoms with Crippen LogP contribution in [-0.2, 0) is 4.74 Å². The first-order valence-corrected chi connectivity index (χ1v) is 8.98. The molecule has 1 rings (SSSR count). The van der Waals surface area contributed by atoms with Gasteiger partial charge >= 0.3 is 0 Å². The van der Waals surface area contributed by atoms with Gasteiger partial charge in [-0.15, -0.1) is 24.0 Å². The summed E-state index contributed by atoms with van der Waals surface area (Å²) in [7, 11) is 0. The van der Waals surface area contributed by atoms with E-state index in [1.165, 1.54) is 12.8 Å². The minimum atomic E-state index is 0. The molecule has 5 heteroatoms. The fraction of sp³-hybridized carbons (Fsp3) is 0.944. The lowest BCUT2D eigenvalue weighted by atomic mass is 9.78. The first kappa shape index (κ1) is 23.0. The molecule has 1 saturated heterocycles. The van der Waals surface area contributed by atoms with E-state index in [-0.39, 0.29) is 29.4 Å². The maximum absolute atomic E-state index is 6.05. The highest BCUT2D eigenvalue weighted by Crippen LogP contribution is 2.34. The van der Waals surface area contributed by atoms with Crippen molar-refractivity contribution in [3.63, 3.8) is 0 Å². The van der Waals surface area contributed by atoms with Crippen molar-refractivity contribution in [3.05, 3.63) is 0 Å². The second kappa shape index (κ2) is 11.5. The number of guanidine groups is 1. The first-order chi connectivity index (χ1) is 10.3. The Labute approximate surface area is 160 Å². The van der Waals surface area contributed by atoms with Gasteiger partial charge in [0.15, 0.2) is 5.96 Å². The van der Waals surface area contributed by atoms with Gasteiger partial charge in [-0.2, -0.15) is 0 Å². The average Bonchev–Trinajstić information content (AvgIpc) is 2.43. The van der Waals surface area contributed by atoms with Gasteiger partial charge in [0.25, 0.3) is 0 Å². The van der Waals surface area contributed by atoms with Crippen LogP contribution >= 0.6 is 24.0 Å². The third-order valence-electron chi connectivity index (χ3n) is 4.14. The topological polar surface area (TPSA) is 45.7 Å². The van der Waals surface area contributed by atoms with Gasteiger partial charge in [-0.05, 0) is 37.5 Å². The van der Waals surface area contributed by atoms with Gasteiger partial charge in [-0.25, -0.2) is 0 Å². The summed E-state index contributed by atoms with van der Waals surface area (Å²) in [5.41, 5.74) is 0.185. The van der Waals surface area contributed by atoms with Crippen molar-refractivity contribution >= 4 is 29.9 Å². The lowest BCUT2D eigenvalue weighted by molar-refractivity contribution is -0.0823. The Morgan fingerprint density at radius 3 is 2.52 bits per heavy atom. The van der Waals surface area contributed by atoms with Crippen LogP contribution < -0.4 is 10.6 Å².